The van der Waals surface area contributed by atoms with Crippen LogP contribution in [0.1, 0.15) is 26.3 Å². The molecule has 3 nitrogen and oxygen atoms in total. The molecule has 0 amide bonds. The van der Waals surface area contributed by atoms with E-state index in [0.717, 1.165) is 11.1 Å². The number of hydrogen-bond donors (Lipinski definition) is 0. The second kappa shape index (κ2) is 5.01. The Hall–Kier alpha value is -1.13. The fraction of sp³-hybridized carbons (Fsp3) is 0.500. The lowest BCUT2D eigenvalue weighted by atomic mass is 9.78. The highest BCUT2D eigenvalue weighted by molar-refractivity contribution is 7.89. The molecular weight excluding hydrogens is 270 g/mol. The molecule has 1 heterocycles. The number of nitrogens with zero attached hydrogens (tertiary/aromatic N) is 1. The molecule has 0 unspecified atom stereocenters. The standard InChI is InChI=1S/C16H23NO2S/c1-12(2)15-10-17(11-16(15,4)5)20(18,19)14-8-6-13(3)7-9-14/h6-9,15H,1,10-11H2,2-5H3/t15-/m1/s1. The molecule has 1 aromatic rings. The Morgan fingerprint density at radius 3 is 2.30 bits per heavy atom. The third-order valence-corrected chi connectivity index (χ3v) is 5.99. The molecule has 4 heteroatoms. The smallest absolute Gasteiger partial charge is 0.207 e. The average Bonchev–Trinajstić information content (AvgIpc) is 2.66. The van der Waals surface area contributed by atoms with Crippen LogP contribution >= 0.6 is 0 Å². The van der Waals surface area contributed by atoms with Crippen LogP contribution in [-0.2, 0) is 10.0 Å². The lowest BCUT2D eigenvalue weighted by molar-refractivity contribution is 0.320. The summed E-state index contributed by atoms with van der Waals surface area (Å²) in [6.45, 7) is 13.2. The molecule has 1 aliphatic rings. The summed E-state index contributed by atoms with van der Waals surface area (Å²) in [5.41, 5.74) is 2.05. The minimum Gasteiger partial charge on any atom is -0.207 e. The van der Waals surface area contributed by atoms with Crippen molar-refractivity contribution in [3.05, 3.63) is 42.0 Å². The van der Waals surface area contributed by atoms with Gasteiger partial charge in [-0.25, -0.2) is 8.42 Å². The minimum absolute atomic E-state index is 0.0659. The van der Waals surface area contributed by atoms with Crippen LogP contribution in [0.15, 0.2) is 41.3 Å². The van der Waals surface area contributed by atoms with Gasteiger partial charge in [0.15, 0.2) is 0 Å². The molecule has 0 aromatic heterocycles. The Morgan fingerprint density at radius 2 is 1.85 bits per heavy atom. The summed E-state index contributed by atoms with van der Waals surface area (Å²) in [6, 6.07) is 7.05. The molecule has 1 aromatic carbocycles. The van der Waals surface area contributed by atoms with Gasteiger partial charge < -0.3 is 0 Å². The zero-order valence-corrected chi connectivity index (χ0v) is 13.5. The molecule has 0 saturated carbocycles. The van der Waals surface area contributed by atoms with Gasteiger partial charge in [0.1, 0.15) is 0 Å². The monoisotopic (exact) mass is 293 g/mol. The maximum atomic E-state index is 12.7. The first-order valence-corrected chi connectivity index (χ1v) is 8.31. The van der Waals surface area contributed by atoms with Crippen LogP contribution in [0.25, 0.3) is 0 Å². The molecule has 20 heavy (non-hydrogen) atoms. The van der Waals surface area contributed by atoms with Crippen molar-refractivity contribution in [3.8, 4) is 0 Å². The van der Waals surface area contributed by atoms with E-state index in [1.807, 2.05) is 26.0 Å². The van der Waals surface area contributed by atoms with Gasteiger partial charge in [-0.2, -0.15) is 4.31 Å². The summed E-state index contributed by atoms with van der Waals surface area (Å²) in [6.07, 6.45) is 0. The van der Waals surface area contributed by atoms with E-state index >= 15 is 0 Å². The Bertz CT molecular complexity index is 614. The molecule has 0 bridgehead atoms. The largest absolute Gasteiger partial charge is 0.243 e. The van der Waals surface area contributed by atoms with E-state index in [0.29, 0.717) is 18.0 Å². The van der Waals surface area contributed by atoms with E-state index in [2.05, 4.69) is 20.4 Å². The first-order chi connectivity index (χ1) is 9.14. The van der Waals surface area contributed by atoms with E-state index in [1.165, 1.54) is 0 Å². The topological polar surface area (TPSA) is 37.4 Å². The first-order valence-electron chi connectivity index (χ1n) is 6.87. The van der Waals surface area contributed by atoms with Crippen molar-refractivity contribution in [1.82, 2.24) is 4.31 Å². The first kappa shape index (κ1) is 15.3. The molecule has 1 saturated heterocycles. The van der Waals surface area contributed by atoms with Crippen LogP contribution in [0.5, 0.6) is 0 Å². The van der Waals surface area contributed by atoms with Crippen molar-refractivity contribution in [1.29, 1.82) is 0 Å². The highest BCUT2D eigenvalue weighted by atomic mass is 32.2. The van der Waals surface area contributed by atoms with Gasteiger partial charge in [-0.05, 0) is 37.3 Å². The van der Waals surface area contributed by atoms with Gasteiger partial charge in [-0.15, -0.1) is 0 Å². The van der Waals surface area contributed by atoms with Crippen LogP contribution in [-0.4, -0.2) is 25.8 Å². The molecule has 110 valence electrons. The molecule has 2 rings (SSSR count). The van der Waals surface area contributed by atoms with Crippen molar-refractivity contribution in [2.75, 3.05) is 13.1 Å². The summed E-state index contributed by atoms with van der Waals surface area (Å²) in [5, 5.41) is 0. The molecule has 1 fully saturated rings. The van der Waals surface area contributed by atoms with Crippen molar-refractivity contribution in [3.63, 3.8) is 0 Å². The molecular formula is C16H23NO2S. The lowest BCUT2D eigenvalue weighted by Gasteiger charge is -2.25. The van der Waals surface area contributed by atoms with Crippen LogP contribution in [0, 0.1) is 18.3 Å². The van der Waals surface area contributed by atoms with Crippen LogP contribution in [0.4, 0.5) is 0 Å². The second-order valence-electron chi connectivity index (χ2n) is 6.50. The summed E-state index contributed by atoms with van der Waals surface area (Å²) in [7, 11) is -3.40. The second-order valence-corrected chi connectivity index (χ2v) is 8.44. The summed E-state index contributed by atoms with van der Waals surface area (Å²) in [5.74, 6) is 0.211. The Labute approximate surface area is 122 Å². The SMILES string of the molecule is C=C(C)[C@H]1CN(S(=O)(=O)c2ccc(C)cc2)CC1(C)C. The van der Waals surface area contributed by atoms with E-state index in [4.69, 9.17) is 0 Å². The van der Waals surface area contributed by atoms with Crippen molar-refractivity contribution >= 4 is 10.0 Å². The number of hydrogen-bond acceptors (Lipinski definition) is 2. The van der Waals surface area contributed by atoms with Gasteiger partial charge in [0.05, 0.1) is 4.90 Å². The van der Waals surface area contributed by atoms with Gasteiger partial charge in [0.25, 0.3) is 0 Å². The summed E-state index contributed by atoms with van der Waals surface area (Å²) < 4.78 is 27.0. The highest BCUT2D eigenvalue weighted by Crippen LogP contribution is 2.41. The lowest BCUT2D eigenvalue weighted by Crippen LogP contribution is -2.30. The van der Waals surface area contributed by atoms with Gasteiger partial charge >= 0.3 is 0 Å². The fourth-order valence-electron chi connectivity index (χ4n) is 2.95. The molecule has 0 aliphatic carbocycles. The van der Waals surface area contributed by atoms with Gasteiger partial charge in [-0.1, -0.05) is 43.7 Å². The zero-order valence-electron chi connectivity index (χ0n) is 12.7. The third-order valence-electron chi connectivity index (χ3n) is 4.17. The van der Waals surface area contributed by atoms with Crippen LogP contribution in [0.3, 0.4) is 0 Å². The third kappa shape index (κ3) is 2.67. The Balaban J connectivity index is 2.33. The Kier molecular flexibility index (Phi) is 3.82. The number of sulfonamides is 1. The van der Waals surface area contributed by atoms with E-state index in [9.17, 15) is 8.42 Å². The van der Waals surface area contributed by atoms with E-state index in [1.54, 1.807) is 16.4 Å². The number of benzene rings is 1. The summed E-state index contributed by atoms with van der Waals surface area (Å²) in [4.78, 5) is 0.376. The van der Waals surface area contributed by atoms with Crippen molar-refractivity contribution < 1.29 is 8.42 Å². The molecule has 0 spiro atoms. The maximum Gasteiger partial charge on any atom is 0.243 e. The predicted octanol–water partition coefficient (Wildman–Crippen LogP) is 3.22. The Morgan fingerprint density at radius 1 is 1.30 bits per heavy atom. The van der Waals surface area contributed by atoms with Crippen molar-refractivity contribution in [2.24, 2.45) is 11.3 Å². The summed E-state index contributed by atoms with van der Waals surface area (Å²) >= 11 is 0. The molecule has 1 atom stereocenters. The van der Waals surface area contributed by atoms with Crippen molar-refractivity contribution in [2.45, 2.75) is 32.6 Å². The normalized spacial score (nSPS) is 22.9. The van der Waals surface area contributed by atoms with Crippen LogP contribution < -0.4 is 0 Å². The van der Waals surface area contributed by atoms with E-state index in [-0.39, 0.29) is 11.3 Å². The molecule has 0 radical (unpaired) electrons. The molecule has 0 N–H and O–H groups in total. The minimum atomic E-state index is -3.40. The maximum absolute atomic E-state index is 12.7. The van der Waals surface area contributed by atoms with Crippen LogP contribution in [0.2, 0.25) is 0 Å². The highest BCUT2D eigenvalue weighted by Gasteiger charge is 2.44. The predicted molar refractivity (Wildman–Crippen MR) is 82.0 cm³/mol. The number of rotatable bonds is 3. The van der Waals surface area contributed by atoms with Gasteiger partial charge in [0, 0.05) is 13.1 Å². The fourth-order valence-corrected chi connectivity index (χ4v) is 4.57. The van der Waals surface area contributed by atoms with Gasteiger partial charge in [0.2, 0.25) is 10.0 Å². The zero-order chi connectivity index (χ0) is 15.1. The molecule has 1 aliphatic heterocycles. The average molecular weight is 293 g/mol. The van der Waals surface area contributed by atoms with E-state index < -0.39 is 10.0 Å². The van der Waals surface area contributed by atoms with Gasteiger partial charge in [-0.3, -0.25) is 0 Å². The quantitative estimate of drug-likeness (QED) is 0.802. The number of aryl methyl sites for hydroxylation is 1.